The van der Waals surface area contributed by atoms with Crippen molar-refractivity contribution in [2.24, 2.45) is 0 Å². The van der Waals surface area contributed by atoms with Gasteiger partial charge >= 0.3 is 0 Å². The zero-order valence-electron chi connectivity index (χ0n) is 10.7. The summed E-state index contributed by atoms with van der Waals surface area (Å²) >= 11 is 0. The first-order chi connectivity index (χ1) is 9.36. The number of H-pyrrole nitrogens is 1. The van der Waals surface area contributed by atoms with Crippen LogP contribution >= 0.6 is 0 Å². The van der Waals surface area contributed by atoms with Crippen LogP contribution in [0.4, 0.5) is 11.4 Å². The molecule has 0 fully saturated rings. The van der Waals surface area contributed by atoms with Crippen molar-refractivity contribution in [3.05, 3.63) is 60.8 Å². The molecule has 0 radical (unpaired) electrons. The predicted octanol–water partition coefficient (Wildman–Crippen LogP) is 3.41. The number of ether oxygens (including phenoxy) is 1. The number of methoxy groups -OCH3 is 1. The van der Waals surface area contributed by atoms with E-state index in [0.29, 0.717) is 0 Å². The third-order valence-corrected chi connectivity index (χ3v) is 3.08. The quantitative estimate of drug-likeness (QED) is 0.774. The summed E-state index contributed by atoms with van der Waals surface area (Å²) in [6, 6.07) is 18.2. The van der Waals surface area contributed by atoms with Crippen molar-refractivity contribution in [2.45, 2.75) is 0 Å². The van der Waals surface area contributed by atoms with E-state index in [2.05, 4.69) is 22.4 Å². The molecule has 0 saturated heterocycles. The van der Waals surface area contributed by atoms with Crippen LogP contribution in [0.25, 0.3) is 10.9 Å². The van der Waals surface area contributed by atoms with Crippen LogP contribution in [-0.2, 0) is 0 Å². The molecule has 3 nitrogen and oxygen atoms in total. The molecule has 2 aromatic carbocycles. The topological polar surface area (TPSA) is 35.4 Å². The van der Waals surface area contributed by atoms with Crippen LogP contribution in [0.5, 0.6) is 5.75 Å². The fourth-order valence-corrected chi connectivity index (χ4v) is 2.09. The Morgan fingerprint density at radius 2 is 1.74 bits per heavy atom. The van der Waals surface area contributed by atoms with Crippen molar-refractivity contribution in [3.63, 3.8) is 0 Å². The maximum atomic E-state index is 5.16. The van der Waals surface area contributed by atoms with Crippen LogP contribution in [0.1, 0.15) is 0 Å². The zero-order valence-corrected chi connectivity index (χ0v) is 10.7. The molecule has 0 bridgehead atoms. The first kappa shape index (κ1) is 11.5. The fourth-order valence-electron chi connectivity index (χ4n) is 2.09. The molecular weight excluding hydrogens is 236 g/mol. The van der Waals surface area contributed by atoms with Gasteiger partial charge in [-0.2, -0.15) is 0 Å². The number of rotatable bonds is 3. The summed E-state index contributed by atoms with van der Waals surface area (Å²) in [5.74, 6) is 0.858. The highest BCUT2D eigenvalue weighted by Gasteiger charge is 2.05. The van der Waals surface area contributed by atoms with Crippen LogP contribution in [0.15, 0.2) is 60.8 Å². The van der Waals surface area contributed by atoms with Crippen molar-refractivity contribution < 1.29 is 9.72 Å². The molecule has 19 heavy (non-hydrogen) atoms. The minimum atomic E-state index is 0.858. The SMILES string of the molecule is COc1ccc(Nc2cc[nH+]c3ccccc23)cc1. The molecule has 0 atom stereocenters. The van der Waals surface area contributed by atoms with Crippen molar-refractivity contribution in [1.82, 2.24) is 0 Å². The van der Waals surface area contributed by atoms with E-state index in [9.17, 15) is 0 Å². The predicted molar refractivity (Wildman–Crippen MR) is 76.8 cm³/mol. The standard InChI is InChI=1S/C16H14N2O/c1-19-13-8-6-12(7-9-13)18-16-10-11-17-15-5-3-2-4-14(15)16/h2-11H,1H3,(H,17,18)/p+1. The molecule has 0 saturated carbocycles. The Kier molecular flexibility index (Phi) is 3.02. The van der Waals surface area contributed by atoms with Gasteiger partial charge in [-0.25, -0.2) is 4.98 Å². The van der Waals surface area contributed by atoms with Gasteiger partial charge < -0.3 is 10.1 Å². The highest BCUT2D eigenvalue weighted by atomic mass is 16.5. The second kappa shape index (κ2) is 4.98. The zero-order chi connectivity index (χ0) is 13.1. The average molecular weight is 251 g/mol. The van der Waals surface area contributed by atoms with Crippen LogP contribution < -0.4 is 15.0 Å². The largest absolute Gasteiger partial charge is 0.497 e. The fraction of sp³-hybridized carbons (Fsp3) is 0.0625. The van der Waals surface area contributed by atoms with Gasteiger partial charge in [-0.1, -0.05) is 12.1 Å². The maximum Gasteiger partial charge on any atom is 0.212 e. The van der Waals surface area contributed by atoms with E-state index in [1.807, 2.05) is 48.7 Å². The Morgan fingerprint density at radius 3 is 2.53 bits per heavy atom. The molecule has 0 aliphatic heterocycles. The molecule has 0 spiro atoms. The molecule has 3 rings (SSSR count). The Balaban J connectivity index is 1.96. The van der Waals surface area contributed by atoms with E-state index in [1.54, 1.807) is 7.11 Å². The number of benzene rings is 2. The monoisotopic (exact) mass is 251 g/mol. The van der Waals surface area contributed by atoms with Crippen molar-refractivity contribution in [3.8, 4) is 5.75 Å². The average Bonchev–Trinajstić information content (AvgIpc) is 2.48. The minimum absolute atomic E-state index is 0.858. The molecule has 3 aromatic rings. The summed E-state index contributed by atoms with van der Waals surface area (Å²) in [6.45, 7) is 0. The van der Waals surface area contributed by atoms with E-state index >= 15 is 0 Å². The smallest absolute Gasteiger partial charge is 0.212 e. The van der Waals surface area contributed by atoms with Crippen LogP contribution in [-0.4, -0.2) is 7.11 Å². The lowest BCUT2D eigenvalue weighted by Crippen LogP contribution is -2.03. The second-order valence-corrected chi connectivity index (χ2v) is 4.29. The molecule has 3 heteroatoms. The number of aromatic nitrogens is 1. The number of hydrogen-bond acceptors (Lipinski definition) is 2. The van der Waals surface area contributed by atoms with Gasteiger partial charge in [0.15, 0.2) is 6.20 Å². The number of para-hydroxylation sites is 1. The normalized spacial score (nSPS) is 10.4. The third-order valence-electron chi connectivity index (χ3n) is 3.08. The van der Waals surface area contributed by atoms with Crippen molar-refractivity contribution in [2.75, 3.05) is 12.4 Å². The highest BCUT2D eigenvalue weighted by Crippen LogP contribution is 2.24. The second-order valence-electron chi connectivity index (χ2n) is 4.29. The van der Waals surface area contributed by atoms with Gasteiger partial charge in [0.1, 0.15) is 5.75 Å². The van der Waals surface area contributed by atoms with Gasteiger partial charge in [-0.05, 0) is 30.3 Å². The van der Waals surface area contributed by atoms with Crippen LogP contribution in [0.2, 0.25) is 0 Å². The first-order valence-corrected chi connectivity index (χ1v) is 6.17. The third kappa shape index (κ3) is 2.36. The van der Waals surface area contributed by atoms with Crippen molar-refractivity contribution >= 4 is 22.3 Å². The van der Waals surface area contributed by atoms with Gasteiger partial charge in [0.05, 0.1) is 18.2 Å². The molecule has 0 amide bonds. The van der Waals surface area contributed by atoms with E-state index in [4.69, 9.17) is 4.74 Å². The highest BCUT2D eigenvalue weighted by molar-refractivity contribution is 5.90. The molecular formula is C16H15N2O+. The van der Waals surface area contributed by atoms with E-state index in [1.165, 1.54) is 5.39 Å². The van der Waals surface area contributed by atoms with Gasteiger partial charge in [0.2, 0.25) is 5.52 Å². The van der Waals surface area contributed by atoms with Gasteiger partial charge in [0.25, 0.3) is 0 Å². The number of nitrogens with one attached hydrogen (secondary N) is 2. The Labute approximate surface area is 111 Å². The number of hydrogen-bond donors (Lipinski definition) is 1. The Hall–Kier alpha value is -2.55. The lowest BCUT2D eigenvalue weighted by atomic mass is 10.2. The molecule has 1 heterocycles. The lowest BCUT2D eigenvalue weighted by Gasteiger charge is -2.08. The first-order valence-electron chi connectivity index (χ1n) is 6.17. The maximum absolute atomic E-state index is 5.16. The molecule has 0 aliphatic rings. The summed E-state index contributed by atoms with van der Waals surface area (Å²) in [4.78, 5) is 3.24. The van der Waals surface area contributed by atoms with Gasteiger partial charge in [0, 0.05) is 17.8 Å². The molecule has 2 N–H and O–H groups in total. The van der Waals surface area contributed by atoms with E-state index < -0.39 is 0 Å². The van der Waals surface area contributed by atoms with Crippen LogP contribution in [0, 0.1) is 0 Å². The summed E-state index contributed by atoms with van der Waals surface area (Å²) in [5, 5.41) is 4.59. The Morgan fingerprint density at radius 1 is 0.947 bits per heavy atom. The molecule has 94 valence electrons. The summed E-state index contributed by atoms with van der Waals surface area (Å²) in [6.07, 6.45) is 1.94. The minimum Gasteiger partial charge on any atom is -0.497 e. The molecule has 0 unspecified atom stereocenters. The molecule has 1 aromatic heterocycles. The molecule has 0 aliphatic carbocycles. The Bertz CT molecular complexity index is 687. The number of aromatic amines is 1. The van der Waals surface area contributed by atoms with E-state index in [0.717, 1.165) is 22.6 Å². The van der Waals surface area contributed by atoms with Gasteiger partial charge in [-0.3, -0.25) is 0 Å². The van der Waals surface area contributed by atoms with Gasteiger partial charge in [-0.15, -0.1) is 0 Å². The summed E-state index contributed by atoms with van der Waals surface area (Å²) in [7, 11) is 1.67. The number of anilines is 2. The summed E-state index contributed by atoms with van der Waals surface area (Å²) in [5.41, 5.74) is 3.23. The summed E-state index contributed by atoms with van der Waals surface area (Å²) < 4.78 is 5.16. The van der Waals surface area contributed by atoms with E-state index in [-0.39, 0.29) is 0 Å². The lowest BCUT2D eigenvalue weighted by molar-refractivity contribution is -0.344. The number of pyridine rings is 1. The number of fused-ring (bicyclic) bond motifs is 1. The van der Waals surface area contributed by atoms with Crippen molar-refractivity contribution in [1.29, 1.82) is 0 Å². The van der Waals surface area contributed by atoms with Crippen LogP contribution in [0.3, 0.4) is 0 Å².